The van der Waals surface area contributed by atoms with E-state index in [1.165, 1.54) is 12.1 Å². The molecule has 1 aromatic carbocycles. The van der Waals surface area contributed by atoms with Gasteiger partial charge < -0.3 is 14.7 Å². The number of ether oxygens (including phenoxy) is 2. The largest absolute Gasteiger partial charge is 0.469 e. The van der Waals surface area contributed by atoms with Crippen molar-refractivity contribution in [3.8, 4) is 0 Å². The number of rotatable bonds is 3. The van der Waals surface area contributed by atoms with E-state index in [1.54, 1.807) is 12.1 Å². The van der Waals surface area contributed by atoms with Gasteiger partial charge in [0.1, 0.15) is 0 Å². The number of nitrogens with zero attached hydrogens (tertiary/aromatic N) is 2. The quantitative estimate of drug-likeness (QED) is 0.496. The van der Waals surface area contributed by atoms with Crippen molar-refractivity contribution in [2.24, 2.45) is 0 Å². The van der Waals surface area contributed by atoms with Crippen molar-refractivity contribution in [3.63, 3.8) is 0 Å². The minimum absolute atomic E-state index is 0.0639. The molecule has 1 aromatic heterocycles. The number of benzene rings is 1. The minimum atomic E-state index is -0.961. The summed E-state index contributed by atoms with van der Waals surface area (Å²) in [4.78, 5) is 35.5. The van der Waals surface area contributed by atoms with Gasteiger partial charge >= 0.3 is 17.6 Å². The van der Waals surface area contributed by atoms with Gasteiger partial charge in [-0.25, -0.2) is 4.79 Å². The Labute approximate surface area is 118 Å². The Morgan fingerprint density at radius 3 is 2.52 bits per heavy atom. The van der Waals surface area contributed by atoms with Crippen LogP contribution < -0.4 is 4.43 Å². The van der Waals surface area contributed by atoms with E-state index in [2.05, 4.69) is 9.47 Å². The summed E-state index contributed by atoms with van der Waals surface area (Å²) < 4.78 is 9.99. The fourth-order valence-corrected chi connectivity index (χ4v) is 1.96. The summed E-state index contributed by atoms with van der Waals surface area (Å²) in [6.07, 6.45) is -0.454. The summed E-state index contributed by atoms with van der Waals surface area (Å²) in [6, 6.07) is 6.10. The third-order valence-corrected chi connectivity index (χ3v) is 2.98. The third-order valence-electron chi connectivity index (χ3n) is 2.98. The number of aromatic nitrogens is 2. The van der Waals surface area contributed by atoms with Gasteiger partial charge in [0.2, 0.25) is 0 Å². The molecule has 0 saturated carbocycles. The Morgan fingerprint density at radius 2 is 1.90 bits per heavy atom. The zero-order valence-electron chi connectivity index (χ0n) is 11.4. The van der Waals surface area contributed by atoms with E-state index in [9.17, 15) is 19.7 Å². The molecular formula is C13H13N2O6+. The molecule has 0 spiro atoms. The molecule has 2 rings (SSSR count). The number of fused-ring (bicyclic) bond motifs is 1. The summed E-state index contributed by atoms with van der Waals surface area (Å²) in [7, 11) is 2.26. The highest BCUT2D eigenvalue weighted by molar-refractivity contribution is 5.90. The molecule has 8 heteroatoms. The molecule has 0 radical (unpaired) electrons. The van der Waals surface area contributed by atoms with Crippen molar-refractivity contribution in [1.29, 1.82) is 0 Å². The number of para-hydroxylation sites is 2. The lowest BCUT2D eigenvalue weighted by Gasteiger charge is -2.08. The zero-order chi connectivity index (χ0) is 15.6. The molecule has 0 aliphatic heterocycles. The SMILES string of the molecule is COC(=O)Cc1c(C(=O)OC)[n+](=O)c2ccccc2n1O. The van der Waals surface area contributed by atoms with Crippen LogP contribution in [-0.4, -0.2) is 36.1 Å². The van der Waals surface area contributed by atoms with Crippen molar-refractivity contribution in [2.75, 3.05) is 14.2 Å². The molecule has 110 valence electrons. The zero-order valence-corrected chi connectivity index (χ0v) is 11.4. The first-order valence-electron chi connectivity index (χ1n) is 5.94. The Bertz CT molecular complexity index is 780. The summed E-state index contributed by atoms with van der Waals surface area (Å²) >= 11 is 0. The Balaban J connectivity index is 2.85. The van der Waals surface area contributed by atoms with Gasteiger partial charge in [0.15, 0.2) is 11.2 Å². The molecule has 0 aliphatic carbocycles. The average Bonchev–Trinajstić information content (AvgIpc) is 2.51. The smallest absolute Gasteiger partial charge is 0.410 e. The van der Waals surface area contributed by atoms with Crippen LogP contribution in [0.1, 0.15) is 16.2 Å². The molecule has 1 heterocycles. The van der Waals surface area contributed by atoms with Crippen LogP contribution in [-0.2, 0) is 20.7 Å². The number of hydrogen-bond acceptors (Lipinski definition) is 6. The Kier molecular flexibility index (Phi) is 3.88. The van der Waals surface area contributed by atoms with Gasteiger partial charge in [0, 0.05) is 11.0 Å². The van der Waals surface area contributed by atoms with Crippen molar-refractivity contribution in [1.82, 2.24) is 4.73 Å². The molecule has 0 atom stereocenters. The number of hydrogen-bond donors (Lipinski definition) is 1. The highest BCUT2D eigenvalue weighted by Gasteiger charge is 2.33. The average molecular weight is 293 g/mol. The molecule has 0 fully saturated rings. The highest BCUT2D eigenvalue weighted by Crippen LogP contribution is 2.15. The van der Waals surface area contributed by atoms with Crippen LogP contribution in [0.5, 0.6) is 0 Å². The molecule has 1 N–H and O–H groups in total. The second kappa shape index (κ2) is 5.61. The van der Waals surface area contributed by atoms with E-state index < -0.39 is 24.1 Å². The van der Waals surface area contributed by atoms with Crippen LogP contribution in [0, 0.1) is 4.91 Å². The van der Waals surface area contributed by atoms with Crippen LogP contribution in [0.15, 0.2) is 24.3 Å². The van der Waals surface area contributed by atoms with Gasteiger partial charge in [-0.1, -0.05) is 12.1 Å². The predicted molar refractivity (Wildman–Crippen MR) is 69.5 cm³/mol. The lowest BCUT2D eigenvalue weighted by Crippen LogP contribution is -2.33. The molecule has 8 nitrogen and oxygen atoms in total. The van der Waals surface area contributed by atoms with Crippen LogP contribution in [0.4, 0.5) is 0 Å². The van der Waals surface area contributed by atoms with Gasteiger partial charge in [-0.3, -0.25) is 4.79 Å². The van der Waals surface area contributed by atoms with Crippen LogP contribution >= 0.6 is 0 Å². The molecule has 2 aromatic rings. The van der Waals surface area contributed by atoms with E-state index in [1.807, 2.05) is 0 Å². The molecule has 0 bridgehead atoms. The van der Waals surface area contributed by atoms with E-state index in [-0.39, 0.29) is 16.7 Å². The van der Waals surface area contributed by atoms with Crippen molar-refractivity contribution in [2.45, 2.75) is 6.42 Å². The Hall–Kier alpha value is -2.90. The lowest BCUT2D eigenvalue weighted by molar-refractivity contribution is -0.470. The van der Waals surface area contributed by atoms with Gasteiger partial charge in [-0.15, -0.1) is 0 Å². The first-order chi connectivity index (χ1) is 10.0. The standard InChI is InChI=1S/C13H13N2O6/c1-20-11(16)7-10-12(13(17)21-2)15(19)9-6-4-3-5-8(9)14(10)18/h3-6,18H,7H2,1-2H3/q+1. The fourth-order valence-electron chi connectivity index (χ4n) is 1.96. The van der Waals surface area contributed by atoms with Crippen LogP contribution in [0.2, 0.25) is 0 Å². The first-order valence-corrected chi connectivity index (χ1v) is 5.94. The van der Waals surface area contributed by atoms with Crippen molar-refractivity contribution < 1.29 is 28.7 Å². The topological polar surface area (TPSA) is 101 Å². The molecule has 0 saturated heterocycles. The summed E-state index contributed by atoms with van der Waals surface area (Å²) in [5, 5.41) is 10.2. The van der Waals surface area contributed by atoms with E-state index in [0.717, 1.165) is 14.2 Å². The second-order valence-electron chi connectivity index (χ2n) is 4.13. The van der Waals surface area contributed by atoms with Crippen LogP contribution in [0.25, 0.3) is 11.0 Å². The summed E-state index contributed by atoms with van der Waals surface area (Å²) in [5.74, 6) is -1.67. The van der Waals surface area contributed by atoms with E-state index in [0.29, 0.717) is 9.16 Å². The number of carbonyl (C=O) groups is 2. The summed E-state index contributed by atoms with van der Waals surface area (Å²) in [5.41, 5.74) is -0.459. The molecule has 0 unspecified atom stereocenters. The molecule has 0 aliphatic rings. The molecule has 21 heavy (non-hydrogen) atoms. The van der Waals surface area contributed by atoms with E-state index >= 15 is 0 Å². The van der Waals surface area contributed by atoms with Gasteiger partial charge in [0.05, 0.1) is 25.1 Å². The van der Waals surface area contributed by atoms with Gasteiger partial charge in [-0.2, -0.15) is 4.73 Å². The van der Waals surface area contributed by atoms with Crippen molar-refractivity contribution in [3.05, 3.63) is 40.6 Å². The predicted octanol–water partition coefficient (Wildman–Crippen LogP) is 0.295. The third kappa shape index (κ3) is 2.42. The van der Waals surface area contributed by atoms with Gasteiger partial charge in [-0.05, 0) is 6.07 Å². The number of esters is 2. The highest BCUT2D eigenvalue weighted by atomic mass is 16.5. The maximum Gasteiger partial charge on any atom is 0.410 e. The number of carbonyl (C=O) groups excluding carboxylic acids is 2. The maximum absolute atomic E-state index is 12.3. The lowest BCUT2D eigenvalue weighted by atomic mass is 10.2. The second-order valence-corrected chi connectivity index (χ2v) is 4.13. The summed E-state index contributed by atoms with van der Waals surface area (Å²) in [6.45, 7) is 0. The van der Waals surface area contributed by atoms with Gasteiger partial charge in [0.25, 0.3) is 5.52 Å². The Morgan fingerprint density at radius 1 is 1.24 bits per heavy atom. The maximum atomic E-state index is 12.3. The molecular weight excluding hydrogens is 280 g/mol. The van der Waals surface area contributed by atoms with Crippen molar-refractivity contribution >= 4 is 23.0 Å². The minimum Gasteiger partial charge on any atom is -0.469 e. The van der Waals surface area contributed by atoms with E-state index in [4.69, 9.17) is 0 Å². The number of methoxy groups -OCH3 is 2. The van der Waals surface area contributed by atoms with Crippen LogP contribution in [0.3, 0.4) is 0 Å². The normalized spacial score (nSPS) is 10.4. The molecule has 0 amide bonds. The fraction of sp³-hybridized carbons (Fsp3) is 0.231. The first kappa shape index (κ1) is 14.5. The monoisotopic (exact) mass is 293 g/mol.